The summed E-state index contributed by atoms with van der Waals surface area (Å²) in [5, 5.41) is 0. The highest BCUT2D eigenvalue weighted by molar-refractivity contribution is 9.11. The summed E-state index contributed by atoms with van der Waals surface area (Å²) in [6.45, 7) is 10.3. The number of carbonyl (C=O) groups is 2. The van der Waals surface area contributed by atoms with Gasteiger partial charge in [0.15, 0.2) is 0 Å². The van der Waals surface area contributed by atoms with E-state index in [0.29, 0.717) is 10.3 Å². The topological polar surface area (TPSA) is 68.7 Å². The molecule has 8 heteroatoms. The van der Waals surface area contributed by atoms with Gasteiger partial charge in [0.25, 0.3) is 0 Å². The third-order valence-electron chi connectivity index (χ3n) is 2.36. The SMILES string of the molecule is CC(C)(C)OC(=O)N(Cc1cc(Br)cc(Br)n1)C(=O)OC(C)(C)C. The zero-order chi connectivity index (χ0) is 18.7. The molecule has 24 heavy (non-hydrogen) atoms. The minimum Gasteiger partial charge on any atom is -0.443 e. The van der Waals surface area contributed by atoms with Crippen molar-refractivity contribution in [3.05, 3.63) is 26.9 Å². The third kappa shape index (κ3) is 7.61. The molecule has 0 aliphatic heterocycles. The van der Waals surface area contributed by atoms with Crippen molar-refractivity contribution in [3.63, 3.8) is 0 Å². The van der Waals surface area contributed by atoms with Crippen LogP contribution in [-0.2, 0) is 16.0 Å². The van der Waals surface area contributed by atoms with Gasteiger partial charge in [0.2, 0.25) is 0 Å². The molecule has 2 amide bonds. The summed E-state index contributed by atoms with van der Waals surface area (Å²) in [6, 6.07) is 3.47. The Kier molecular flexibility index (Phi) is 6.81. The van der Waals surface area contributed by atoms with E-state index in [2.05, 4.69) is 36.8 Å². The van der Waals surface area contributed by atoms with Crippen LogP contribution in [0.3, 0.4) is 0 Å². The van der Waals surface area contributed by atoms with Gasteiger partial charge in [-0.2, -0.15) is 0 Å². The lowest BCUT2D eigenvalue weighted by atomic mass is 10.2. The van der Waals surface area contributed by atoms with Crippen LogP contribution < -0.4 is 0 Å². The molecular weight excluding hydrogens is 444 g/mol. The molecule has 1 heterocycles. The van der Waals surface area contributed by atoms with E-state index in [1.165, 1.54) is 0 Å². The van der Waals surface area contributed by atoms with Gasteiger partial charge in [0, 0.05) is 4.47 Å². The number of halogens is 2. The van der Waals surface area contributed by atoms with Crippen molar-refractivity contribution < 1.29 is 19.1 Å². The van der Waals surface area contributed by atoms with Crippen LogP contribution in [0.4, 0.5) is 9.59 Å². The summed E-state index contributed by atoms with van der Waals surface area (Å²) >= 11 is 6.64. The molecule has 0 saturated heterocycles. The highest BCUT2D eigenvalue weighted by atomic mass is 79.9. The van der Waals surface area contributed by atoms with Crippen LogP contribution >= 0.6 is 31.9 Å². The predicted molar refractivity (Wildman–Crippen MR) is 97.6 cm³/mol. The van der Waals surface area contributed by atoms with Gasteiger partial charge in [0.1, 0.15) is 15.8 Å². The van der Waals surface area contributed by atoms with Crippen molar-refractivity contribution in [2.45, 2.75) is 59.3 Å². The third-order valence-corrected chi connectivity index (χ3v) is 3.22. The monoisotopic (exact) mass is 464 g/mol. The number of hydrogen-bond donors (Lipinski definition) is 0. The molecule has 0 atom stereocenters. The van der Waals surface area contributed by atoms with E-state index in [4.69, 9.17) is 9.47 Å². The van der Waals surface area contributed by atoms with E-state index in [1.807, 2.05) is 0 Å². The lowest BCUT2D eigenvalue weighted by Crippen LogP contribution is -2.43. The largest absolute Gasteiger partial charge is 0.443 e. The van der Waals surface area contributed by atoms with E-state index in [9.17, 15) is 9.59 Å². The fourth-order valence-electron chi connectivity index (χ4n) is 1.60. The van der Waals surface area contributed by atoms with E-state index >= 15 is 0 Å². The molecule has 1 aromatic heterocycles. The lowest BCUT2D eigenvalue weighted by Gasteiger charge is -2.28. The van der Waals surface area contributed by atoms with Gasteiger partial charge in [-0.15, -0.1) is 0 Å². The van der Waals surface area contributed by atoms with Crippen molar-refractivity contribution in [2.24, 2.45) is 0 Å². The van der Waals surface area contributed by atoms with Crippen molar-refractivity contribution in [3.8, 4) is 0 Å². The maximum absolute atomic E-state index is 12.4. The van der Waals surface area contributed by atoms with Gasteiger partial charge < -0.3 is 9.47 Å². The second-order valence-corrected chi connectivity index (χ2v) is 8.87. The van der Waals surface area contributed by atoms with Gasteiger partial charge in [0.05, 0.1) is 12.2 Å². The van der Waals surface area contributed by atoms with Crippen LogP contribution in [0.15, 0.2) is 21.2 Å². The Morgan fingerprint density at radius 3 is 1.83 bits per heavy atom. The molecule has 0 N–H and O–H groups in total. The van der Waals surface area contributed by atoms with E-state index < -0.39 is 23.4 Å². The van der Waals surface area contributed by atoms with Gasteiger partial charge in [-0.1, -0.05) is 15.9 Å². The Labute approximate surface area is 159 Å². The summed E-state index contributed by atoms with van der Waals surface area (Å²) in [5.41, 5.74) is -0.960. The first-order chi connectivity index (χ1) is 10.8. The number of amides is 2. The molecule has 0 aromatic carbocycles. The first kappa shape index (κ1) is 20.9. The number of aromatic nitrogens is 1. The fourth-order valence-corrected chi connectivity index (χ4v) is 2.86. The molecular formula is C16H22Br2N2O4. The molecule has 0 saturated carbocycles. The average Bonchev–Trinajstić information content (AvgIpc) is 2.29. The minimum absolute atomic E-state index is 0.0676. The standard InChI is InChI=1S/C16H22Br2N2O4/c1-15(2,3)23-13(21)20(14(22)24-16(4,5)6)9-11-7-10(17)8-12(18)19-11/h7-8H,9H2,1-6H3. The molecule has 1 aromatic rings. The molecule has 0 unspecified atom stereocenters. The Morgan fingerprint density at radius 1 is 1.00 bits per heavy atom. The Balaban J connectivity index is 3.08. The lowest BCUT2D eigenvalue weighted by molar-refractivity contribution is -0.000486. The van der Waals surface area contributed by atoms with Crippen LogP contribution in [0.2, 0.25) is 0 Å². The number of ether oxygens (including phenoxy) is 2. The number of hydrogen-bond acceptors (Lipinski definition) is 5. The van der Waals surface area contributed by atoms with Crippen LogP contribution in [-0.4, -0.2) is 33.3 Å². The molecule has 0 radical (unpaired) electrons. The maximum Gasteiger partial charge on any atom is 0.420 e. The first-order valence-corrected chi connectivity index (χ1v) is 8.91. The van der Waals surface area contributed by atoms with Gasteiger partial charge >= 0.3 is 12.2 Å². The first-order valence-electron chi connectivity index (χ1n) is 7.32. The molecule has 0 aliphatic carbocycles. The van der Waals surface area contributed by atoms with Crippen molar-refractivity contribution in [2.75, 3.05) is 0 Å². The zero-order valence-electron chi connectivity index (χ0n) is 14.6. The average molecular weight is 466 g/mol. The summed E-state index contributed by atoms with van der Waals surface area (Å²) in [5.74, 6) is 0. The summed E-state index contributed by atoms with van der Waals surface area (Å²) in [6.07, 6.45) is -1.57. The van der Waals surface area contributed by atoms with E-state index in [0.717, 1.165) is 9.37 Å². The summed E-state index contributed by atoms with van der Waals surface area (Å²) in [7, 11) is 0. The van der Waals surface area contributed by atoms with E-state index in [1.54, 1.807) is 53.7 Å². The number of carbonyl (C=O) groups excluding carboxylic acids is 2. The number of nitrogens with zero attached hydrogens (tertiary/aromatic N) is 2. The molecule has 134 valence electrons. The van der Waals surface area contributed by atoms with Crippen LogP contribution in [0.5, 0.6) is 0 Å². The second-order valence-electron chi connectivity index (χ2n) is 7.15. The van der Waals surface area contributed by atoms with Gasteiger partial charge in [-0.25, -0.2) is 19.5 Å². The van der Waals surface area contributed by atoms with Crippen LogP contribution in [0.1, 0.15) is 47.2 Å². The number of pyridine rings is 1. The second kappa shape index (κ2) is 7.82. The summed E-state index contributed by atoms with van der Waals surface area (Å²) < 4.78 is 12.0. The predicted octanol–water partition coefficient (Wildman–Crippen LogP) is 5.28. The Morgan fingerprint density at radius 2 is 1.46 bits per heavy atom. The molecule has 0 aliphatic rings. The van der Waals surface area contributed by atoms with Crippen LogP contribution in [0.25, 0.3) is 0 Å². The molecule has 1 rings (SSSR count). The van der Waals surface area contributed by atoms with E-state index in [-0.39, 0.29) is 6.54 Å². The Bertz CT molecular complexity index is 573. The Hall–Kier alpha value is -1.15. The van der Waals surface area contributed by atoms with Crippen molar-refractivity contribution in [1.82, 2.24) is 9.88 Å². The molecule has 0 bridgehead atoms. The normalized spacial score (nSPS) is 11.8. The molecule has 0 spiro atoms. The van der Waals surface area contributed by atoms with Gasteiger partial charge in [-0.3, -0.25) is 0 Å². The zero-order valence-corrected chi connectivity index (χ0v) is 17.8. The summed E-state index contributed by atoms with van der Waals surface area (Å²) in [4.78, 5) is 30.0. The minimum atomic E-state index is -0.783. The highest BCUT2D eigenvalue weighted by Gasteiger charge is 2.31. The van der Waals surface area contributed by atoms with Crippen molar-refractivity contribution >= 4 is 44.0 Å². The van der Waals surface area contributed by atoms with Crippen molar-refractivity contribution in [1.29, 1.82) is 0 Å². The van der Waals surface area contributed by atoms with Gasteiger partial charge in [-0.05, 0) is 69.6 Å². The molecule has 6 nitrogen and oxygen atoms in total. The highest BCUT2D eigenvalue weighted by Crippen LogP contribution is 2.20. The quantitative estimate of drug-likeness (QED) is 0.555. The number of rotatable bonds is 2. The smallest absolute Gasteiger partial charge is 0.420 e. The maximum atomic E-state index is 12.4. The fraction of sp³-hybridized carbons (Fsp3) is 0.562. The van der Waals surface area contributed by atoms with Crippen LogP contribution in [0, 0.1) is 0 Å². The number of imide groups is 1. The molecule has 0 fully saturated rings.